The lowest BCUT2D eigenvalue weighted by atomic mass is 9.90. The Morgan fingerprint density at radius 3 is 2.79 bits per heavy atom. The fourth-order valence-corrected chi connectivity index (χ4v) is 3.76. The van der Waals surface area contributed by atoms with Crippen molar-refractivity contribution in [3.05, 3.63) is 23.4 Å². The first kappa shape index (κ1) is 19.0. The number of carboxylic acids is 1. The van der Waals surface area contributed by atoms with Crippen molar-refractivity contribution < 1.29 is 14.7 Å². The monoisotopic (exact) mass is 335 g/mol. The molecule has 4 heteroatoms. The van der Waals surface area contributed by atoms with Crippen molar-refractivity contribution in [2.75, 3.05) is 0 Å². The van der Waals surface area contributed by atoms with Crippen LogP contribution in [0.1, 0.15) is 84.0 Å². The van der Waals surface area contributed by atoms with E-state index >= 15 is 0 Å². The Bertz CT molecular complexity index is 456. The number of allylic oxidation sites excluding steroid dienone is 2. The second kappa shape index (κ2) is 10.5. The smallest absolute Gasteiger partial charge is 0.303 e. The molecule has 0 radical (unpaired) electrons. The minimum Gasteiger partial charge on any atom is -0.481 e. The average Bonchev–Trinajstić information content (AvgIpc) is 3.15. The quantitative estimate of drug-likeness (QED) is 0.362. The van der Waals surface area contributed by atoms with E-state index in [1.165, 1.54) is 50.6 Å². The van der Waals surface area contributed by atoms with Gasteiger partial charge in [0.25, 0.3) is 0 Å². The van der Waals surface area contributed by atoms with Gasteiger partial charge in [-0.15, -0.1) is 0 Å². The van der Waals surface area contributed by atoms with E-state index in [4.69, 9.17) is 9.94 Å². The van der Waals surface area contributed by atoms with Gasteiger partial charge in [-0.1, -0.05) is 51.2 Å². The van der Waals surface area contributed by atoms with E-state index in [9.17, 15) is 4.79 Å². The predicted molar refractivity (Wildman–Crippen MR) is 96.4 cm³/mol. The maximum atomic E-state index is 10.5. The highest BCUT2D eigenvalue weighted by atomic mass is 16.7. The number of carboxylic acid groups (broad SMARTS) is 1. The Morgan fingerprint density at radius 1 is 1.21 bits per heavy atom. The van der Waals surface area contributed by atoms with Crippen LogP contribution < -0.4 is 5.48 Å². The average molecular weight is 335 g/mol. The van der Waals surface area contributed by atoms with E-state index in [-0.39, 0.29) is 6.42 Å². The van der Waals surface area contributed by atoms with Gasteiger partial charge >= 0.3 is 5.97 Å². The minimum absolute atomic E-state index is 0.261. The molecule has 1 aliphatic carbocycles. The number of nitrogens with one attached hydrogen (secondary N) is 1. The van der Waals surface area contributed by atoms with E-state index < -0.39 is 5.97 Å². The van der Waals surface area contributed by atoms with Crippen LogP contribution in [0.3, 0.4) is 0 Å². The molecule has 2 atom stereocenters. The molecule has 1 saturated heterocycles. The van der Waals surface area contributed by atoms with Gasteiger partial charge in [0.1, 0.15) is 0 Å². The van der Waals surface area contributed by atoms with E-state index in [2.05, 4.69) is 24.6 Å². The lowest BCUT2D eigenvalue weighted by Gasteiger charge is -2.24. The SMILES string of the molecule is CCCCCCCCC1=C2CC(ON2)[C@@H]1CC=CCCCC(=O)O. The van der Waals surface area contributed by atoms with E-state index in [0.29, 0.717) is 12.0 Å². The first-order chi connectivity index (χ1) is 11.7. The number of aliphatic carboxylic acids is 1. The summed E-state index contributed by atoms with van der Waals surface area (Å²) in [7, 11) is 0. The third kappa shape index (κ3) is 5.97. The zero-order chi connectivity index (χ0) is 17.2. The standard InChI is InChI=1S/C20H33NO3/c1-2-3-4-5-6-9-12-16-17(19-15-18(16)21-24-19)13-10-7-8-11-14-20(22)23/h7,10,17,19,21H,2-6,8-9,11-15H2,1H3,(H,22,23)/t17-,19?/m1/s1. The Labute approximate surface area is 146 Å². The number of hydroxylamine groups is 1. The van der Waals surface area contributed by atoms with Gasteiger partial charge in [0.05, 0.1) is 6.10 Å². The van der Waals surface area contributed by atoms with Crippen molar-refractivity contribution in [3.63, 3.8) is 0 Å². The summed E-state index contributed by atoms with van der Waals surface area (Å²) in [6.45, 7) is 2.26. The van der Waals surface area contributed by atoms with Crippen LogP contribution in [0.5, 0.6) is 0 Å². The van der Waals surface area contributed by atoms with Crippen molar-refractivity contribution in [1.82, 2.24) is 5.48 Å². The molecule has 0 aromatic heterocycles. The first-order valence-corrected chi connectivity index (χ1v) is 9.72. The summed E-state index contributed by atoms with van der Waals surface area (Å²) in [5.41, 5.74) is 6.02. The van der Waals surface area contributed by atoms with Crippen LogP contribution in [-0.2, 0) is 9.63 Å². The van der Waals surface area contributed by atoms with E-state index in [1.807, 2.05) is 0 Å². The maximum absolute atomic E-state index is 10.5. The van der Waals surface area contributed by atoms with Crippen LogP contribution in [0.2, 0.25) is 0 Å². The van der Waals surface area contributed by atoms with E-state index in [0.717, 1.165) is 25.7 Å². The molecule has 2 rings (SSSR count). The van der Waals surface area contributed by atoms with Crippen LogP contribution in [0.25, 0.3) is 0 Å². The molecule has 0 aromatic rings. The number of fused-ring (bicyclic) bond motifs is 2. The third-order valence-corrected chi connectivity index (χ3v) is 5.14. The second-order valence-corrected chi connectivity index (χ2v) is 7.08. The molecule has 0 aromatic carbocycles. The van der Waals surface area contributed by atoms with Gasteiger partial charge in [0.15, 0.2) is 0 Å². The molecule has 4 nitrogen and oxygen atoms in total. The molecule has 1 aliphatic heterocycles. The molecule has 2 aliphatic rings. The van der Waals surface area contributed by atoms with Crippen molar-refractivity contribution in [2.24, 2.45) is 5.92 Å². The van der Waals surface area contributed by atoms with E-state index in [1.54, 1.807) is 5.57 Å². The lowest BCUT2D eigenvalue weighted by Crippen LogP contribution is -2.25. The number of carbonyl (C=O) groups is 1. The summed E-state index contributed by atoms with van der Waals surface area (Å²) in [5, 5.41) is 8.65. The maximum Gasteiger partial charge on any atom is 0.303 e. The molecule has 1 fully saturated rings. The minimum atomic E-state index is -0.707. The van der Waals surface area contributed by atoms with Crippen molar-refractivity contribution in [2.45, 2.75) is 90.1 Å². The summed E-state index contributed by atoms with van der Waals surface area (Å²) >= 11 is 0. The molecular formula is C20H33NO3. The molecule has 1 heterocycles. The Kier molecular flexibility index (Phi) is 8.37. The fourth-order valence-electron chi connectivity index (χ4n) is 3.76. The van der Waals surface area contributed by atoms with Crippen molar-refractivity contribution >= 4 is 5.97 Å². The van der Waals surface area contributed by atoms with Crippen LogP contribution in [-0.4, -0.2) is 17.2 Å². The number of rotatable bonds is 13. The van der Waals surface area contributed by atoms with Gasteiger partial charge in [-0.3, -0.25) is 15.1 Å². The number of hydrogen-bond donors (Lipinski definition) is 2. The van der Waals surface area contributed by atoms with Crippen molar-refractivity contribution in [1.29, 1.82) is 0 Å². The van der Waals surface area contributed by atoms with Gasteiger partial charge in [0.2, 0.25) is 0 Å². The largest absolute Gasteiger partial charge is 0.481 e. The van der Waals surface area contributed by atoms with Crippen molar-refractivity contribution in [3.8, 4) is 0 Å². The summed E-state index contributed by atoms with van der Waals surface area (Å²) in [4.78, 5) is 16.1. The zero-order valence-electron chi connectivity index (χ0n) is 15.1. The highest BCUT2D eigenvalue weighted by molar-refractivity contribution is 5.66. The molecule has 24 heavy (non-hydrogen) atoms. The lowest BCUT2D eigenvalue weighted by molar-refractivity contribution is -0.137. The highest BCUT2D eigenvalue weighted by Gasteiger charge is 2.39. The van der Waals surface area contributed by atoms with Gasteiger partial charge in [-0.25, -0.2) is 0 Å². The molecule has 2 N–H and O–H groups in total. The molecule has 136 valence electrons. The highest BCUT2D eigenvalue weighted by Crippen LogP contribution is 2.42. The number of hydrogen-bond acceptors (Lipinski definition) is 3. The Hall–Kier alpha value is -1.29. The first-order valence-electron chi connectivity index (χ1n) is 9.72. The van der Waals surface area contributed by atoms with Gasteiger partial charge in [0, 0.05) is 24.5 Å². The summed E-state index contributed by atoms with van der Waals surface area (Å²) < 4.78 is 0. The molecular weight excluding hydrogens is 302 g/mol. The Morgan fingerprint density at radius 2 is 2.00 bits per heavy atom. The molecule has 0 amide bonds. The molecule has 0 saturated carbocycles. The van der Waals surface area contributed by atoms with Gasteiger partial charge in [-0.05, 0) is 37.7 Å². The Balaban J connectivity index is 1.69. The number of unbranched alkanes of at least 4 members (excludes halogenated alkanes) is 6. The van der Waals surface area contributed by atoms with Gasteiger partial charge in [-0.2, -0.15) is 0 Å². The summed E-state index contributed by atoms with van der Waals surface area (Å²) in [6.07, 6.45) is 17.8. The molecule has 0 spiro atoms. The summed E-state index contributed by atoms with van der Waals surface area (Å²) in [5.74, 6) is -0.186. The van der Waals surface area contributed by atoms with Crippen LogP contribution in [0, 0.1) is 5.92 Å². The zero-order valence-corrected chi connectivity index (χ0v) is 15.1. The second-order valence-electron chi connectivity index (χ2n) is 7.08. The van der Waals surface area contributed by atoms with Crippen LogP contribution in [0.15, 0.2) is 23.4 Å². The third-order valence-electron chi connectivity index (χ3n) is 5.14. The molecule has 1 unspecified atom stereocenters. The predicted octanol–water partition coefficient (Wildman–Crippen LogP) is 5.12. The summed E-state index contributed by atoms with van der Waals surface area (Å²) in [6, 6.07) is 0. The van der Waals surface area contributed by atoms with Gasteiger partial charge < -0.3 is 5.11 Å². The topological polar surface area (TPSA) is 58.6 Å². The van der Waals surface area contributed by atoms with Crippen LogP contribution >= 0.6 is 0 Å². The molecule has 2 bridgehead atoms. The van der Waals surface area contributed by atoms with Crippen LogP contribution in [0.4, 0.5) is 0 Å². The fraction of sp³-hybridized carbons (Fsp3) is 0.750. The normalized spacial score (nSPS) is 22.5.